The number of ketones is 1. The molecule has 0 aliphatic carbocycles. The number of fused-ring (bicyclic) bond motifs is 1. The quantitative estimate of drug-likeness (QED) is 0.534. The molecule has 4 rings (SSSR count). The van der Waals surface area contributed by atoms with Gasteiger partial charge in [0, 0.05) is 24.7 Å². The Hall–Kier alpha value is -3.54. The molecule has 0 fully saturated rings. The number of Topliss-reactive ketones (excluding diaryl/α,β-unsaturated/α-hetero) is 1. The fraction of sp³-hybridized carbons (Fsp3) is 0.100. The van der Waals surface area contributed by atoms with Crippen LogP contribution in [0.5, 0.6) is 0 Å². The van der Waals surface area contributed by atoms with Crippen LogP contribution in [0.25, 0.3) is 16.6 Å². The van der Waals surface area contributed by atoms with Crippen molar-refractivity contribution in [2.45, 2.75) is 13.5 Å². The molecule has 6 heteroatoms. The van der Waals surface area contributed by atoms with Crippen LogP contribution in [0.4, 0.5) is 0 Å². The van der Waals surface area contributed by atoms with E-state index in [9.17, 15) is 9.59 Å². The molecular formula is C20H16N4O2. The van der Waals surface area contributed by atoms with E-state index < -0.39 is 0 Å². The van der Waals surface area contributed by atoms with Gasteiger partial charge in [-0.15, -0.1) is 0 Å². The highest BCUT2D eigenvalue weighted by atomic mass is 16.1. The van der Waals surface area contributed by atoms with Crippen molar-refractivity contribution in [3.63, 3.8) is 0 Å². The average molecular weight is 344 g/mol. The fourth-order valence-corrected chi connectivity index (χ4v) is 2.94. The summed E-state index contributed by atoms with van der Waals surface area (Å²) in [6.07, 6.45) is 3.61. The molecule has 4 aromatic rings. The van der Waals surface area contributed by atoms with Gasteiger partial charge in [-0.25, -0.2) is 4.68 Å². The van der Waals surface area contributed by atoms with E-state index in [1.165, 1.54) is 6.92 Å². The summed E-state index contributed by atoms with van der Waals surface area (Å²) in [7, 11) is 0. The van der Waals surface area contributed by atoms with E-state index in [-0.39, 0.29) is 16.9 Å². The molecule has 2 aromatic carbocycles. The van der Waals surface area contributed by atoms with Gasteiger partial charge >= 0.3 is 0 Å². The lowest BCUT2D eigenvalue weighted by molar-refractivity contribution is 0.101. The second-order valence-corrected chi connectivity index (χ2v) is 6.03. The highest BCUT2D eigenvalue weighted by Crippen LogP contribution is 2.14. The van der Waals surface area contributed by atoms with Crippen molar-refractivity contribution in [3.8, 4) is 5.69 Å². The van der Waals surface area contributed by atoms with E-state index in [0.29, 0.717) is 17.4 Å². The first kappa shape index (κ1) is 16.0. The molecule has 0 aliphatic heterocycles. The number of benzene rings is 2. The third kappa shape index (κ3) is 2.82. The Morgan fingerprint density at radius 1 is 1.04 bits per heavy atom. The Morgan fingerprint density at radius 2 is 1.81 bits per heavy atom. The average Bonchev–Trinajstić information content (AvgIpc) is 3.19. The van der Waals surface area contributed by atoms with Crippen LogP contribution in [0.1, 0.15) is 23.0 Å². The number of aromatic nitrogens is 4. The fourth-order valence-electron chi connectivity index (χ4n) is 2.94. The number of carbonyl (C=O) groups is 1. The van der Waals surface area contributed by atoms with Crippen LogP contribution in [0.15, 0.2) is 71.8 Å². The lowest BCUT2D eigenvalue weighted by Gasteiger charge is -2.12. The molecule has 0 unspecified atom stereocenters. The SMILES string of the molecule is CC(=O)c1nn(Cc2ccc(-n3cccn3)cc2)c2ccccc2c1=O. The second kappa shape index (κ2) is 6.40. The zero-order valence-electron chi connectivity index (χ0n) is 14.2. The number of hydrogen-bond acceptors (Lipinski definition) is 4. The summed E-state index contributed by atoms with van der Waals surface area (Å²) in [4.78, 5) is 24.2. The zero-order chi connectivity index (χ0) is 18.1. The molecular weight excluding hydrogens is 328 g/mol. The van der Waals surface area contributed by atoms with Gasteiger partial charge in [-0.3, -0.25) is 14.3 Å². The van der Waals surface area contributed by atoms with Gasteiger partial charge in [-0.2, -0.15) is 10.2 Å². The van der Waals surface area contributed by atoms with Crippen LogP contribution < -0.4 is 5.43 Å². The van der Waals surface area contributed by atoms with E-state index in [4.69, 9.17) is 0 Å². The van der Waals surface area contributed by atoms with Gasteiger partial charge in [0.15, 0.2) is 11.5 Å². The Morgan fingerprint density at radius 3 is 2.50 bits per heavy atom. The molecule has 26 heavy (non-hydrogen) atoms. The van der Waals surface area contributed by atoms with Gasteiger partial charge in [0.1, 0.15) is 0 Å². The van der Waals surface area contributed by atoms with Gasteiger partial charge in [-0.1, -0.05) is 24.3 Å². The molecule has 0 atom stereocenters. The molecule has 0 N–H and O–H groups in total. The maximum atomic E-state index is 12.4. The summed E-state index contributed by atoms with van der Waals surface area (Å²) in [5, 5.41) is 9.01. The molecule has 0 radical (unpaired) electrons. The monoisotopic (exact) mass is 344 g/mol. The molecule has 2 aromatic heterocycles. The van der Waals surface area contributed by atoms with Gasteiger partial charge in [0.05, 0.1) is 17.7 Å². The summed E-state index contributed by atoms with van der Waals surface area (Å²) >= 11 is 0. The normalized spacial score (nSPS) is 11.0. The maximum absolute atomic E-state index is 12.4. The Kier molecular flexibility index (Phi) is 3.93. The Bertz CT molecular complexity index is 1140. The smallest absolute Gasteiger partial charge is 0.218 e. The molecule has 0 saturated heterocycles. The van der Waals surface area contributed by atoms with Crippen LogP contribution in [0, 0.1) is 0 Å². The maximum Gasteiger partial charge on any atom is 0.218 e. The van der Waals surface area contributed by atoms with Crippen molar-refractivity contribution < 1.29 is 4.79 Å². The molecule has 6 nitrogen and oxygen atoms in total. The first-order chi connectivity index (χ1) is 12.6. The molecule has 0 saturated carbocycles. The van der Waals surface area contributed by atoms with Gasteiger partial charge in [-0.05, 0) is 35.9 Å². The Labute approximate surface area is 149 Å². The second-order valence-electron chi connectivity index (χ2n) is 6.03. The van der Waals surface area contributed by atoms with Crippen molar-refractivity contribution in [1.29, 1.82) is 0 Å². The van der Waals surface area contributed by atoms with E-state index in [0.717, 1.165) is 11.3 Å². The molecule has 0 bridgehead atoms. The van der Waals surface area contributed by atoms with E-state index >= 15 is 0 Å². The summed E-state index contributed by atoms with van der Waals surface area (Å²) in [6.45, 7) is 1.82. The summed E-state index contributed by atoms with van der Waals surface area (Å²) < 4.78 is 3.49. The molecule has 0 aliphatic rings. The predicted molar refractivity (Wildman–Crippen MR) is 98.7 cm³/mol. The third-order valence-corrected chi connectivity index (χ3v) is 4.23. The molecule has 0 amide bonds. The minimum atomic E-state index is -0.330. The molecule has 0 spiro atoms. The van der Waals surface area contributed by atoms with E-state index in [1.54, 1.807) is 27.7 Å². The van der Waals surface area contributed by atoms with Crippen molar-refractivity contribution in [2.24, 2.45) is 0 Å². The predicted octanol–water partition coefficient (Wildman–Crippen LogP) is 2.83. The lowest BCUT2D eigenvalue weighted by atomic mass is 10.1. The van der Waals surface area contributed by atoms with Crippen molar-refractivity contribution >= 4 is 16.7 Å². The van der Waals surface area contributed by atoms with Gasteiger partial charge in [0.25, 0.3) is 0 Å². The third-order valence-electron chi connectivity index (χ3n) is 4.23. The highest BCUT2D eigenvalue weighted by molar-refractivity contribution is 5.95. The first-order valence-corrected chi connectivity index (χ1v) is 8.23. The minimum Gasteiger partial charge on any atom is -0.293 e. The number of nitrogens with zero attached hydrogens (tertiary/aromatic N) is 4. The van der Waals surface area contributed by atoms with Crippen LogP contribution in [0.3, 0.4) is 0 Å². The number of rotatable bonds is 4. The molecule has 2 heterocycles. The highest BCUT2D eigenvalue weighted by Gasteiger charge is 2.14. The topological polar surface area (TPSA) is 69.8 Å². The Balaban J connectivity index is 1.76. The van der Waals surface area contributed by atoms with E-state index in [1.807, 2.05) is 48.7 Å². The largest absolute Gasteiger partial charge is 0.293 e. The van der Waals surface area contributed by atoms with Crippen LogP contribution in [0.2, 0.25) is 0 Å². The van der Waals surface area contributed by atoms with Crippen LogP contribution in [-0.4, -0.2) is 25.3 Å². The van der Waals surface area contributed by atoms with Crippen LogP contribution >= 0.6 is 0 Å². The molecule has 128 valence electrons. The summed E-state index contributed by atoms with van der Waals surface area (Å²) in [6, 6.07) is 17.0. The van der Waals surface area contributed by atoms with Gasteiger partial charge < -0.3 is 0 Å². The standard InChI is InChI=1S/C20H16N4O2/c1-14(25)19-20(26)17-5-2-3-6-18(17)24(22-19)13-15-7-9-16(10-8-15)23-12-4-11-21-23/h2-12H,13H2,1H3. The van der Waals surface area contributed by atoms with Crippen molar-refractivity contribution in [1.82, 2.24) is 19.6 Å². The zero-order valence-corrected chi connectivity index (χ0v) is 14.2. The number of hydrogen-bond donors (Lipinski definition) is 0. The van der Waals surface area contributed by atoms with Crippen molar-refractivity contribution in [3.05, 3.63) is 88.5 Å². The summed E-state index contributed by atoms with van der Waals surface area (Å²) in [5.74, 6) is -0.330. The van der Waals surface area contributed by atoms with E-state index in [2.05, 4.69) is 10.2 Å². The minimum absolute atomic E-state index is 0.0307. The summed E-state index contributed by atoms with van der Waals surface area (Å²) in [5.41, 5.74) is 2.33. The van der Waals surface area contributed by atoms with Crippen molar-refractivity contribution in [2.75, 3.05) is 0 Å². The first-order valence-electron chi connectivity index (χ1n) is 8.23. The number of carbonyl (C=O) groups excluding carboxylic acids is 1. The number of para-hydroxylation sites is 1. The van der Waals surface area contributed by atoms with Gasteiger partial charge in [0.2, 0.25) is 5.43 Å². The van der Waals surface area contributed by atoms with Crippen LogP contribution in [-0.2, 0) is 6.54 Å². The lowest BCUT2D eigenvalue weighted by Crippen LogP contribution is -2.22.